The summed E-state index contributed by atoms with van der Waals surface area (Å²) in [5.41, 5.74) is 0.333. The second-order valence-electron chi connectivity index (χ2n) is 3.20. The highest BCUT2D eigenvalue weighted by molar-refractivity contribution is 5.06. The predicted octanol–water partition coefficient (Wildman–Crippen LogP) is 1.17. The summed E-state index contributed by atoms with van der Waals surface area (Å²) in [4.78, 5) is 7.18. The Hall–Kier alpha value is -0.870. The number of aromatic nitrogens is 2. The summed E-state index contributed by atoms with van der Waals surface area (Å²) in [6.07, 6.45) is 2.46. The zero-order chi connectivity index (χ0) is 9.90. The summed E-state index contributed by atoms with van der Waals surface area (Å²) in [7, 11) is 1.66. The van der Waals surface area contributed by atoms with E-state index in [1.54, 1.807) is 13.3 Å². The van der Waals surface area contributed by atoms with Gasteiger partial charge in [0.2, 0.25) is 0 Å². The Kier molecular flexibility index (Phi) is 3.06. The number of nitrogens with zero attached hydrogens (tertiary/aromatic N) is 1. The van der Waals surface area contributed by atoms with Gasteiger partial charge < -0.3 is 14.8 Å². The Morgan fingerprint density at radius 3 is 2.77 bits per heavy atom. The molecule has 74 valence electrons. The number of aliphatic hydroxyl groups is 1. The van der Waals surface area contributed by atoms with Crippen LogP contribution in [-0.4, -0.2) is 22.2 Å². The van der Waals surface area contributed by atoms with Crippen LogP contribution in [0.4, 0.5) is 0 Å². The highest BCUT2D eigenvalue weighted by Gasteiger charge is 2.26. The number of methoxy groups -OCH3 is 1. The molecular weight excluding hydrogens is 168 g/mol. The smallest absolute Gasteiger partial charge is 0.138 e. The molecule has 13 heavy (non-hydrogen) atoms. The minimum atomic E-state index is -0.382. The fourth-order valence-corrected chi connectivity index (χ4v) is 1.12. The van der Waals surface area contributed by atoms with Gasteiger partial charge in [0.1, 0.15) is 11.4 Å². The van der Waals surface area contributed by atoms with E-state index in [0.717, 1.165) is 12.2 Å². The molecule has 4 nitrogen and oxygen atoms in total. The molecule has 0 spiro atoms. The van der Waals surface area contributed by atoms with Gasteiger partial charge in [-0.25, -0.2) is 4.98 Å². The van der Waals surface area contributed by atoms with E-state index in [-0.39, 0.29) is 12.2 Å². The molecule has 1 aromatic heterocycles. The fourth-order valence-electron chi connectivity index (χ4n) is 1.12. The molecule has 0 fully saturated rings. The largest absolute Gasteiger partial charge is 0.390 e. The number of imidazole rings is 1. The fraction of sp³-hybridized carbons (Fsp3) is 0.667. The van der Waals surface area contributed by atoms with Crippen molar-refractivity contribution in [3.8, 4) is 0 Å². The Morgan fingerprint density at radius 2 is 2.38 bits per heavy atom. The number of hydrogen-bond donors (Lipinski definition) is 2. The summed E-state index contributed by atoms with van der Waals surface area (Å²) >= 11 is 0. The first-order chi connectivity index (χ1) is 6.16. The van der Waals surface area contributed by atoms with Crippen molar-refractivity contribution in [2.24, 2.45) is 0 Å². The highest BCUT2D eigenvalue weighted by atomic mass is 16.5. The average Bonchev–Trinajstić information content (AvgIpc) is 2.65. The minimum absolute atomic E-state index is 0.0174. The van der Waals surface area contributed by atoms with Crippen LogP contribution in [0.3, 0.4) is 0 Å². The maximum atomic E-state index is 8.85. The van der Waals surface area contributed by atoms with Gasteiger partial charge in [-0.1, -0.05) is 6.92 Å². The highest BCUT2D eigenvalue weighted by Crippen LogP contribution is 2.25. The Labute approximate surface area is 78.0 Å². The standard InChI is InChI=1S/C9H16N2O2/c1-4-9(2,13-3)8-10-5-7(6-12)11-8/h5,12H,4,6H2,1-3H3,(H,10,11). The molecule has 0 amide bonds. The van der Waals surface area contributed by atoms with Gasteiger partial charge in [-0.2, -0.15) is 0 Å². The molecule has 1 atom stereocenters. The maximum Gasteiger partial charge on any atom is 0.138 e. The van der Waals surface area contributed by atoms with Crippen LogP contribution in [-0.2, 0) is 16.9 Å². The van der Waals surface area contributed by atoms with Gasteiger partial charge in [-0.05, 0) is 13.3 Å². The van der Waals surface area contributed by atoms with Crippen LogP contribution < -0.4 is 0 Å². The van der Waals surface area contributed by atoms with Gasteiger partial charge in [0.05, 0.1) is 18.5 Å². The zero-order valence-electron chi connectivity index (χ0n) is 8.29. The minimum Gasteiger partial charge on any atom is -0.390 e. The van der Waals surface area contributed by atoms with E-state index < -0.39 is 0 Å². The Bertz CT molecular complexity index is 266. The monoisotopic (exact) mass is 184 g/mol. The first-order valence-electron chi connectivity index (χ1n) is 4.36. The first kappa shape index (κ1) is 10.2. The topological polar surface area (TPSA) is 58.1 Å². The number of rotatable bonds is 4. The van der Waals surface area contributed by atoms with E-state index in [9.17, 15) is 0 Å². The summed E-state index contributed by atoms with van der Waals surface area (Å²) in [6, 6.07) is 0. The summed E-state index contributed by atoms with van der Waals surface area (Å²) < 4.78 is 5.36. The van der Waals surface area contributed by atoms with E-state index in [0.29, 0.717) is 5.69 Å². The molecule has 0 aliphatic heterocycles. The van der Waals surface area contributed by atoms with Crippen molar-refractivity contribution in [1.29, 1.82) is 0 Å². The molecule has 2 N–H and O–H groups in total. The molecule has 1 aromatic rings. The third-order valence-electron chi connectivity index (χ3n) is 2.42. The predicted molar refractivity (Wildman–Crippen MR) is 49.2 cm³/mol. The molecular formula is C9H16N2O2. The summed E-state index contributed by atoms with van der Waals surface area (Å²) in [5.74, 6) is 0.765. The van der Waals surface area contributed by atoms with E-state index >= 15 is 0 Å². The lowest BCUT2D eigenvalue weighted by molar-refractivity contribution is -0.00844. The van der Waals surface area contributed by atoms with Crippen molar-refractivity contribution < 1.29 is 9.84 Å². The molecule has 4 heteroatoms. The molecule has 0 bridgehead atoms. The van der Waals surface area contributed by atoms with Crippen LogP contribution in [0, 0.1) is 0 Å². The van der Waals surface area contributed by atoms with Crippen LogP contribution in [0.25, 0.3) is 0 Å². The van der Waals surface area contributed by atoms with Crippen LogP contribution in [0.15, 0.2) is 6.20 Å². The van der Waals surface area contributed by atoms with Crippen molar-refractivity contribution >= 4 is 0 Å². The number of hydrogen-bond acceptors (Lipinski definition) is 3. The number of nitrogens with one attached hydrogen (secondary N) is 1. The molecule has 0 radical (unpaired) electrons. The van der Waals surface area contributed by atoms with Crippen molar-refractivity contribution in [3.05, 3.63) is 17.7 Å². The molecule has 0 aliphatic carbocycles. The van der Waals surface area contributed by atoms with Crippen molar-refractivity contribution in [2.45, 2.75) is 32.5 Å². The van der Waals surface area contributed by atoms with Crippen LogP contribution in [0.2, 0.25) is 0 Å². The van der Waals surface area contributed by atoms with Gasteiger partial charge in [-0.15, -0.1) is 0 Å². The third-order valence-corrected chi connectivity index (χ3v) is 2.42. The normalized spacial score (nSPS) is 15.7. The maximum absolute atomic E-state index is 8.85. The molecule has 1 rings (SSSR count). The van der Waals surface area contributed by atoms with Crippen LogP contribution in [0.1, 0.15) is 31.8 Å². The Morgan fingerprint density at radius 1 is 1.69 bits per heavy atom. The molecule has 1 heterocycles. The first-order valence-corrected chi connectivity index (χ1v) is 4.36. The number of aromatic amines is 1. The van der Waals surface area contributed by atoms with E-state index in [1.165, 1.54) is 0 Å². The van der Waals surface area contributed by atoms with E-state index in [2.05, 4.69) is 9.97 Å². The Balaban J connectivity index is 2.91. The van der Waals surface area contributed by atoms with Gasteiger partial charge in [0.15, 0.2) is 0 Å². The molecule has 0 aromatic carbocycles. The third kappa shape index (κ3) is 1.89. The SMILES string of the molecule is CCC(C)(OC)c1ncc(CO)[nH]1. The molecule has 1 unspecified atom stereocenters. The van der Waals surface area contributed by atoms with Crippen molar-refractivity contribution in [2.75, 3.05) is 7.11 Å². The lowest BCUT2D eigenvalue weighted by Crippen LogP contribution is -2.24. The molecule has 0 saturated carbocycles. The second kappa shape index (κ2) is 3.89. The average molecular weight is 184 g/mol. The van der Waals surface area contributed by atoms with Crippen LogP contribution >= 0.6 is 0 Å². The van der Waals surface area contributed by atoms with Gasteiger partial charge in [-0.3, -0.25) is 0 Å². The summed E-state index contributed by atoms with van der Waals surface area (Å²) in [5, 5.41) is 8.85. The second-order valence-corrected chi connectivity index (χ2v) is 3.20. The van der Waals surface area contributed by atoms with Gasteiger partial charge >= 0.3 is 0 Å². The van der Waals surface area contributed by atoms with Crippen molar-refractivity contribution in [3.63, 3.8) is 0 Å². The molecule has 0 saturated heterocycles. The number of ether oxygens (including phenoxy) is 1. The lowest BCUT2D eigenvalue weighted by Gasteiger charge is -2.23. The van der Waals surface area contributed by atoms with Gasteiger partial charge in [0, 0.05) is 7.11 Å². The van der Waals surface area contributed by atoms with Gasteiger partial charge in [0.25, 0.3) is 0 Å². The lowest BCUT2D eigenvalue weighted by atomic mass is 10.0. The molecule has 0 aliphatic rings. The summed E-state index contributed by atoms with van der Waals surface area (Å²) in [6.45, 7) is 3.98. The zero-order valence-corrected chi connectivity index (χ0v) is 8.29. The quantitative estimate of drug-likeness (QED) is 0.738. The van der Waals surface area contributed by atoms with Crippen molar-refractivity contribution in [1.82, 2.24) is 9.97 Å². The van der Waals surface area contributed by atoms with Crippen LogP contribution in [0.5, 0.6) is 0 Å². The van der Waals surface area contributed by atoms with E-state index in [4.69, 9.17) is 9.84 Å². The van der Waals surface area contributed by atoms with E-state index in [1.807, 2.05) is 13.8 Å². The number of H-pyrrole nitrogens is 1. The number of aliphatic hydroxyl groups excluding tert-OH is 1.